The molecule has 0 N–H and O–H groups in total. The second-order valence-electron chi connectivity index (χ2n) is 4.61. The van der Waals surface area contributed by atoms with E-state index < -0.39 is 10.7 Å². The van der Waals surface area contributed by atoms with Gasteiger partial charge in [-0.1, -0.05) is 0 Å². The minimum atomic E-state index is -0.605. The zero-order valence-corrected chi connectivity index (χ0v) is 10.0. The second kappa shape index (κ2) is 4.09. The molecule has 0 amide bonds. The van der Waals surface area contributed by atoms with E-state index in [1.807, 2.05) is 20.8 Å². The molecule has 1 aromatic rings. The van der Waals surface area contributed by atoms with Gasteiger partial charge in [-0.05, 0) is 38.5 Å². The maximum absolute atomic E-state index is 10.6. The molecule has 0 spiro atoms. The van der Waals surface area contributed by atoms with E-state index in [9.17, 15) is 10.1 Å². The van der Waals surface area contributed by atoms with Gasteiger partial charge in [0.15, 0.2) is 5.79 Å². The van der Waals surface area contributed by atoms with Gasteiger partial charge in [0.2, 0.25) is 0 Å². The largest absolute Gasteiger partial charge is 0.344 e. The van der Waals surface area contributed by atoms with Crippen molar-refractivity contribution in [2.75, 3.05) is 0 Å². The number of benzene rings is 1. The monoisotopic (exact) mass is 237 g/mol. The lowest BCUT2D eigenvalue weighted by atomic mass is 10.1. The summed E-state index contributed by atoms with van der Waals surface area (Å²) < 4.78 is 11.4. The van der Waals surface area contributed by atoms with E-state index in [1.165, 1.54) is 12.1 Å². The van der Waals surface area contributed by atoms with Crippen LogP contribution in [0.5, 0.6) is 0 Å². The first-order chi connectivity index (χ1) is 7.89. The molecular formula is C12H15NO4. The number of nitrogens with zero attached hydrogens (tertiary/aromatic N) is 1. The van der Waals surface area contributed by atoms with Crippen LogP contribution < -0.4 is 0 Å². The maximum atomic E-state index is 10.6. The molecule has 1 saturated heterocycles. The van der Waals surface area contributed by atoms with E-state index in [0.29, 0.717) is 0 Å². The highest BCUT2D eigenvalue weighted by Gasteiger charge is 2.39. The average molecular weight is 237 g/mol. The number of hydrogen-bond donors (Lipinski definition) is 0. The van der Waals surface area contributed by atoms with E-state index in [0.717, 1.165) is 5.56 Å². The van der Waals surface area contributed by atoms with E-state index >= 15 is 0 Å². The Morgan fingerprint density at radius 1 is 1.24 bits per heavy atom. The Kier molecular flexibility index (Phi) is 2.89. The topological polar surface area (TPSA) is 61.6 Å². The van der Waals surface area contributed by atoms with Crippen molar-refractivity contribution in [1.29, 1.82) is 0 Å². The highest BCUT2D eigenvalue weighted by Crippen LogP contribution is 2.38. The standard InChI is InChI=1S/C12H15NO4/c1-8-11(17-12(2,3)16-8)9-4-6-10(7-5-9)13(14)15/h4-8,11H,1-3H3. The molecule has 2 atom stereocenters. The molecule has 2 rings (SSSR count). The summed E-state index contributed by atoms with van der Waals surface area (Å²) in [6.07, 6.45) is -0.239. The number of hydrogen-bond acceptors (Lipinski definition) is 4. The fraction of sp³-hybridized carbons (Fsp3) is 0.500. The Hall–Kier alpha value is -1.46. The molecule has 1 aliphatic heterocycles. The number of rotatable bonds is 2. The molecule has 0 aliphatic carbocycles. The molecule has 1 aromatic carbocycles. The van der Waals surface area contributed by atoms with Crippen LogP contribution in [0.1, 0.15) is 32.4 Å². The molecule has 1 aliphatic rings. The summed E-state index contributed by atoms with van der Waals surface area (Å²) in [6, 6.07) is 6.39. The lowest BCUT2D eigenvalue weighted by molar-refractivity contribution is -0.384. The summed E-state index contributed by atoms with van der Waals surface area (Å²) in [5.74, 6) is -0.605. The third-order valence-electron chi connectivity index (χ3n) is 2.74. The first kappa shape index (κ1) is 12.0. The van der Waals surface area contributed by atoms with Gasteiger partial charge in [0.1, 0.15) is 6.10 Å². The van der Waals surface area contributed by atoms with Crippen LogP contribution in [-0.4, -0.2) is 16.8 Å². The number of ether oxygens (including phenoxy) is 2. The van der Waals surface area contributed by atoms with Crippen LogP contribution in [0.2, 0.25) is 0 Å². The zero-order chi connectivity index (χ0) is 12.6. The third kappa shape index (κ3) is 2.45. The Morgan fingerprint density at radius 2 is 1.82 bits per heavy atom. The Morgan fingerprint density at radius 3 is 2.24 bits per heavy atom. The van der Waals surface area contributed by atoms with Crippen molar-refractivity contribution >= 4 is 5.69 Å². The highest BCUT2D eigenvalue weighted by atomic mass is 16.7. The van der Waals surface area contributed by atoms with Gasteiger partial charge in [-0.25, -0.2) is 0 Å². The number of nitro groups is 1. The van der Waals surface area contributed by atoms with Crippen LogP contribution in [0.25, 0.3) is 0 Å². The normalized spacial score (nSPS) is 27.0. The quantitative estimate of drug-likeness (QED) is 0.586. The first-order valence-electron chi connectivity index (χ1n) is 5.49. The highest BCUT2D eigenvalue weighted by molar-refractivity contribution is 5.34. The summed E-state index contributed by atoms with van der Waals surface area (Å²) in [4.78, 5) is 10.1. The zero-order valence-electron chi connectivity index (χ0n) is 10.0. The Bertz CT molecular complexity index is 427. The van der Waals surface area contributed by atoms with Gasteiger partial charge in [0.05, 0.1) is 11.0 Å². The van der Waals surface area contributed by atoms with Gasteiger partial charge >= 0.3 is 0 Å². The minimum absolute atomic E-state index is 0.0635. The summed E-state index contributed by atoms with van der Waals surface area (Å²) in [5.41, 5.74) is 0.980. The molecule has 1 fully saturated rings. The molecule has 17 heavy (non-hydrogen) atoms. The summed E-state index contributed by atoms with van der Waals surface area (Å²) in [5, 5.41) is 10.6. The Balaban J connectivity index is 2.21. The van der Waals surface area contributed by atoms with Crippen molar-refractivity contribution < 1.29 is 14.4 Å². The van der Waals surface area contributed by atoms with Crippen LogP contribution in [-0.2, 0) is 9.47 Å². The van der Waals surface area contributed by atoms with Crippen molar-refractivity contribution in [1.82, 2.24) is 0 Å². The second-order valence-corrected chi connectivity index (χ2v) is 4.61. The van der Waals surface area contributed by atoms with Crippen molar-refractivity contribution in [2.45, 2.75) is 38.8 Å². The van der Waals surface area contributed by atoms with Crippen molar-refractivity contribution in [3.8, 4) is 0 Å². The molecule has 0 aromatic heterocycles. The molecule has 0 saturated carbocycles. The van der Waals surface area contributed by atoms with Crippen molar-refractivity contribution in [3.63, 3.8) is 0 Å². The van der Waals surface area contributed by atoms with Gasteiger partial charge < -0.3 is 9.47 Å². The molecule has 5 nitrogen and oxygen atoms in total. The van der Waals surface area contributed by atoms with E-state index in [1.54, 1.807) is 12.1 Å². The minimum Gasteiger partial charge on any atom is -0.344 e. The Labute approximate surface area is 99.5 Å². The van der Waals surface area contributed by atoms with Crippen LogP contribution in [0.3, 0.4) is 0 Å². The summed E-state index contributed by atoms with van der Waals surface area (Å²) in [7, 11) is 0. The van der Waals surface area contributed by atoms with E-state index in [2.05, 4.69) is 0 Å². The predicted molar refractivity (Wildman–Crippen MR) is 61.5 cm³/mol. The molecule has 1 heterocycles. The summed E-state index contributed by atoms with van der Waals surface area (Å²) in [6.45, 7) is 5.64. The predicted octanol–water partition coefficient (Wildman–Crippen LogP) is 2.81. The molecule has 0 bridgehead atoms. The van der Waals surface area contributed by atoms with E-state index in [4.69, 9.17) is 9.47 Å². The number of nitro benzene ring substituents is 1. The summed E-state index contributed by atoms with van der Waals surface area (Å²) >= 11 is 0. The van der Waals surface area contributed by atoms with Crippen molar-refractivity contribution in [2.24, 2.45) is 0 Å². The van der Waals surface area contributed by atoms with Crippen LogP contribution >= 0.6 is 0 Å². The average Bonchev–Trinajstić information content (AvgIpc) is 2.52. The molecule has 5 heteroatoms. The van der Waals surface area contributed by atoms with Crippen molar-refractivity contribution in [3.05, 3.63) is 39.9 Å². The molecular weight excluding hydrogens is 222 g/mol. The van der Waals surface area contributed by atoms with Crippen LogP contribution in [0.15, 0.2) is 24.3 Å². The van der Waals surface area contributed by atoms with Gasteiger partial charge in [0, 0.05) is 12.1 Å². The number of non-ortho nitro benzene ring substituents is 1. The lowest BCUT2D eigenvalue weighted by Gasteiger charge is -2.16. The molecule has 92 valence electrons. The van der Waals surface area contributed by atoms with Gasteiger partial charge in [-0.2, -0.15) is 0 Å². The van der Waals surface area contributed by atoms with Gasteiger partial charge in [-0.15, -0.1) is 0 Å². The van der Waals surface area contributed by atoms with Crippen LogP contribution in [0.4, 0.5) is 5.69 Å². The first-order valence-corrected chi connectivity index (χ1v) is 5.49. The fourth-order valence-corrected chi connectivity index (χ4v) is 2.06. The van der Waals surface area contributed by atoms with Crippen LogP contribution in [0, 0.1) is 10.1 Å². The molecule has 0 radical (unpaired) electrons. The SMILES string of the molecule is CC1OC(C)(C)OC1c1ccc([N+](=O)[O-])cc1. The van der Waals surface area contributed by atoms with Gasteiger partial charge in [-0.3, -0.25) is 10.1 Å². The fourth-order valence-electron chi connectivity index (χ4n) is 2.06. The smallest absolute Gasteiger partial charge is 0.269 e. The maximum Gasteiger partial charge on any atom is 0.269 e. The molecule has 2 unspecified atom stereocenters. The van der Waals surface area contributed by atoms with E-state index in [-0.39, 0.29) is 17.9 Å². The van der Waals surface area contributed by atoms with Gasteiger partial charge in [0.25, 0.3) is 5.69 Å². The third-order valence-corrected chi connectivity index (χ3v) is 2.74. The lowest BCUT2D eigenvalue weighted by Crippen LogP contribution is -2.20.